The standard InChI is InChI=1S/C17H15N7O2/c18-8-11-1-2-13-15(7-11)24(10-20-13)17-19-9-14(23-25)16(22-17)21-12-3-5-26-6-4-12/h1-2,7,9-10,12H,3-6H2,(H,19,21,22). The van der Waals surface area contributed by atoms with Crippen molar-refractivity contribution in [3.8, 4) is 12.0 Å². The van der Waals surface area contributed by atoms with Crippen molar-refractivity contribution >= 4 is 22.5 Å². The van der Waals surface area contributed by atoms with E-state index in [1.165, 1.54) is 6.20 Å². The third kappa shape index (κ3) is 2.98. The molecular formula is C17H15N7O2. The monoisotopic (exact) mass is 349 g/mol. The van der Waals surface area contributed by atoms with Crippen LogP contribution in [-0.2, 0) is 4.74 Å². The fraction of sp³-hybridized carbons (Fsp3) is 0.294. The average Bonchev–Trinajstić information content (AvgIpc) is 3.12. The molecule has 9 nitrogen and oxygen atoms in total. The normalized spacial score (nSPS) is 14.9. The average molecular weight is 349 g/mol. The molecule has 3 aromatic rings. The molecule has 1 aromatic carbocycles. The summed E-state index contributed by atoms with van der Waals surface area (Å²) in [5.74, 6) is 0.736. The van der Waals surface area contributed by atoms with Crippen molar-refractivity contribution in [2.75, 3.05) is 18.5 Å². The van der Waals surface area contributed by atoms with E-state index in [2.05, 4.69) is 31.5 Å². The molecule has 9 heteroatoms. The lowest BCUT2D eigenvalue weighted by atomic mass is 10.1. The molecule has 1 fully saturated rings. The molecule has 26 heavy (non-hydrogen) atoms. The number of nitroso groups, excluding NO2 is 1. The first-order valence-corrected chi connectivity index (χ1v) is 8.21. The number of hydrogen-bond acceptors (Lipinski definition) is 8. The zero-order valence-corrected chi connectivity index (χ0v) is 13.8. The van der Waals surface area contributed by atoms with Gasteiger partial charge in [-0.3, -0.25) is 4.57 Å². The maximum atomic E-state index is 11.1. The van der Waals surface area contributed by atoms with E-state index in [0.29, 0.717) is 36.1 Å². The second-order valence-electron chi connectivity index (χ2n) is 5.96. The zero-order chi connectivity index (χ0) is 17.9. The molecule has 0 bridgehead atoms. The lowest BCUT2D eigenvalue weighted by molar-refractivity contribution is 0.0904. The van der Waals surface area contributed by atoms with E-state index < -0.39 is 0 Å². The number of aromatic nitrogens is 4. The van der Waals surface area contributed by atoms with E-state index >= 15 is 0 Å². The molecule has 1 N–H and O–H groups in total. The fourth-order valence-electron chi connectivity index (χ4n) is 2.93. The van der Waals surface area contributed by atoms with Gasteiger partial charge in [0.25, 0.3) is 0 Å². The third-order valence-electron chi connectivity index (χ3n) is 4.31. The fourth-order valence-corrected chi connectivity index (χ4v) is 2.93. The molecule has 0 unspecified atom stereocenters. The minimum atomic E-state index is 0.155. The Kier molecular flexibility index (Phi) is 4.25. The number of nitriles is 1. The van der Waals surface area contributed by atoms with Gasteiger partial charge in [-0.2, -0.15) is 10.2 Å². The molecule has 1 aliphatic heterocycles. The van der Waals surface area contributed by atoms with Gasteiger partial charge in [-0.15, -0.1) is 4.91 Å². The highest BCUT2D eigenvalue weighted by molar-refractivity contribution is 5.78. The number of benzene rings is 1. The summed E-state index contributed by atoms with van der Waals surface area (Å²) in [5.41, 5.74) is 2.12. The van der Waals surface area contributed by atoms with Gasteiger partial charge >= 0.3 is 0 Å². The Morgan fingerprint density at radius 2 is 2.15 bits per heavy atom. The minimum Gasteiger partial charge on any atom is -0.381 e. The number of rotatable bonds is 4. The lowest BCUT2D eigenvalue weighted by Crippen LogP contribution is -2.28. The molecule has 0 aliphatic carbocycles. The maximum absolute atomic E-state index is 11.1. The molecule has 0 saturated carbocycles. The van der Waals surface area contributed by atoms with Gasteiger partial charge in [-0.05, 0) is 36.2 Å². The van der Waals surface area contributed by atoms with E-state index in [1.807, 2.05) is 0 Å². The van der Waals surface area contributed by atoms with E-state index in [-0.39, 0.29) is 11.7 Å². The molecule has 0 spiro atoms. The highest BCUT2D eigenvalue weighted by atomic mass is 16.5. The van der Waals surface area contributed by atoms with Gasteiger partial charge in [-0.25, -0.2) is 9.97 Å². The quantitative estimate of drug-likeness (QED) is 0.719. The first-order chi connectivity index (χ1) is 12.8. The van der Waals surface area contributed by atoms with Gasteiger partial charge in [0.05, 0.1) is 28.9 Å². The van der Waals surface area contributed by atoms with Crippen molar-refractivity contribution in [3.05, 3.63) is 41.2 Å². The second-order valence-corrected chi connectivity index (χ2v) is 5.96. The second kappa shape index (κ2) is 6.85. The van der Waals surface area contributed by atoms with E-state index in [0.717, 1.165) is 18.4 Å². The Morgan fingerprint density at radius 3 is 2.92 bits per heavy atom. The lowest BCUT2D eigenvalue weighted by Gasteiger charge is -2.23. The Hall–Kier alpha value is -3.38. The first-order valence-electron chi connectivity index (χ1n) is 8.21. The maximum Gasteiger partial charge on any atom is 0.237 e. The van der Waals surface area contributed by atoms with Crippen LogP contribution in [0.2, 0.25) is 0 Å². The predicted octanol–water partition coefficient (Wildman–Crippen LogP) is 2.68. The van der Waals surface area contributed by atoms with Crippen LogP contribution < -0.4 is 5.32 Å². The Balaban J connectivity index is 1.74. The van der Waals surface area contributed by atoms with Crippen molar-refractivity contribution in [2.24, 2.45) is 5.18 Å². The highest BCUT2D eigenvalue weighted by Gasteiger charge is 2.18. The van der Waals surface area contributed by atoms with Crippen molar-refractivity contribution < 1.29 is 4.74 Å². The third-order valence-corrected chi connectivity index (χ3v) is 4.31. The summed E-state index contributed by atoms with van der Waals surface area (Å²) < 4.78 is 7.03. The summed E-state index contributed by atoms with van der Waals surface area (Å²) in [6.45, 7) is 1.34. The zero-order valence-electron chi connectivity index (χ0n) is 13.8. The van der Waals surface area contributed by atoms with Crippen LogP contribution in [0.25, 0.3) is 17.0 Å². The summed E-state index contributed by atoms with van der Waals surface area (Å²) in [4.78, 5) is 24.1. The summed E-state index contributed by atoms with van der Waals surface area (Å²) >= 11 is 0. The Labute approximate surface area is 148 Å². The summed E-state index contributed by atoms with van der Waals surface area (Å²) in [7, 11) is 0. The van der Waals surface area contributed by atoms with Crippen LogP contribution in [0.5, 0.6) is 0 Å². The minimum absolute atomic E-state index is 0.155. The Morgan fingerprint density at radius 1 is 1.31 bits per heavy atom. The molecule has 0 radical (unpaired) electrons. The molecule has 130 valence electrons. The SMILES string of the molecule is N#Cc1ccc2ncn(-c3ncc(N=O)c(NC4CCOCC4)n3)c2c1. The molecule has 4 rings (SSSR count). The summed E-state index contributed by atoms with van der Waals surface area (Å²) in [5, 5.41) is 15.4. The molecular weight excluding hydrogens is 334 g/mol. The molecule has 2 aromatic heterocycles. The molecule has 0 atom stereocenters. The smallest absolute Gasteiger partial charge is 0.237 e. The number of nitrogens with zero attached hydrogens (tertiary/aromatic N) is 6. The summed E-state index contributed by atoms with van der Waals surface area (Å²) in [6.07, 6.45) is 4.64. The number of fused-ring (bicyclic) bond motifs is 1. The van der Waals surface area contributed by atoms with Crippen LogP contribution in [-0.4, -0.2) is 38.8 Å². The van der Waals surface area contributed by atoms with Gasteiger partial charge in [0.1, 0.15) is 6.33 Å². The van der Waals surface area contributed by atoms with Gasteiger partial charge < -0.3 is 10.1 Å². The van der Waals surface area contributed by atoms with E-state index in [9.17, 15) is 4.91 Å². The molecule has 3 heterocycles. The number of nitrogens with one attached hydrogen (secondary N) is 1. The van der Waals surface area contributed by atoms with Gasteiger partial charge in [0.2, 0.25) is 5.95 Å². The van der Waals surface area contributed by atoms with E-state index in [1.54, 1.807) is 29.1 Å². The molecule has 0 amide bonds. The number of ether oxygens (including phenoxy) is 1. The van der Waals surface area contributed by atoms with Crippen LogP contribution in [0.3, 0.4) is 0 Å². The van der Waals surface area contributed by atoms with Crippen LogP contribution in [0.1, 0.15) is 18.4 Å². The molecule has 1 saturated heterocycles. The van der Waals surface area contributed by atoms with Crippen LogP contribution >= 0.6 is 0 Å². The van der Waals surface area contributed by atoms with Gasteiger partial charge in [0.15, 0.2) is 11.5 Å². The number of imidazole rings is 1. The van der Waals surface area contributed by atoms with Gasteiger partial charge in [-0.1, -0.05) is 0 Å². The number of anilines is 1. The van der Waals surface area contributed by atoms with Crippen molar-refractivity contribution in [1.29, 1.82) is 5.26 Å². The van der Waals surface area contributed by atoms with Gasteiger partial charge in [0, 0.05) is 19.3 Å². The van der Waals surface area contributed by atoms with Crippen LogP contribution in [0.15, 0.2) is 35.9 Å². The summed E-state index contributed by atoms with van der Waals surface area (Å²) in [6, 6.07) is 7.48. The highest BCUT2D eigenvalue weighted by Crippen LogP contribution is 2.26. The molecule has 1 aliphatic rings. The topological polar surface area (TPSA) is 118 Å². The van der Waals surface area contributed by atoms with Crippen molar-refractivity contribution in [2.45, 2.75) is 18.9 Å². The predicted molar refractivity (Wildman–Crippen MR) is 94.3 cm³/mol. The Bertz CT molecular complexity index is 1000. The van der Waals surface area contributed by atoms with E-state index in [4.69, 9.17) is 10.00 Å². The van der Waals surface area contributed by atoms with Crippen LogP contribution in [0.4, 0.5) is 11.5 Å². The largest absolute Gasteiger partial charge is 0.381 e. The first kappa shape index (κ1) is 16.1. The van der Waals surface area contributed by atoms with Crippen molar-refractivity contribution in [3.63, 3.8) is 0 Å². The number of hydrogen-bond donors (Lipinski definition) is 1. The van der Waals surface area contributed by atoms with Crippen molar-refractivity contribution in [1.82, 2.24) is 19.5 Å². The van der Waals surface area contributed by atoms with Crippen LogP contribution in [0, 0.1) is 16.2 Å².